The van der Waals surface area contributed by atoms with E-state index in [1.54, 1.807) is 0 Å². The lowest BCUT2D eigenvalue weighted by atomic mass is 9.97. The lowest BCUT2D eigenvalue weighted by Crippen LogP contribution is -2.45. The van der Waals surface area contributed by atoms with Crippen LogP contribution >= 0.6 is 0 Å². The maximum absolute atomic E-state index is 4.36. The van der Waals surface area contributed by atoms with Gasteiger partial charge in [-0.15, -0.1) is 0 Å². The van der Waals surface area contributed by atoms with Gasteiger partial charge in [-0.3, -0.25) is 4.99 Å². The molecule has 1 saturated heterocycles. The van der Waals surface area contributed by atoms with Crippen molar-refractivity contribution >= 4 is 5.96 Å². The number of guanidine groups is 1. The van der Waals surface area contributed by atoms with Crippen LogP contribution in [0.1, 0.15) is 51.9 Å². The first-order valence-corrected chi connectivity index (χ1v) is 8.51. The second kappa shape index (κ2) is 8.50. The van der Waals surface area contributed by atoms with E-state index in [0.717, 1.165) is 18.4 Å². The molecule has 1 aliphatic carbocycles. The predicted octanol–water partition coefficient (Wildman–Crippen LogP) is 2.22. The van der Waals surface area contributed by atoms with Gasteiger partial charge in [0, 0.05) is 19.6 Å². The van der Waals surface area contributed by atoms with Crippen LogP contribution in [0.2, 0.25) is 0 Å². The van der Waals surface area contributed by atoms with Gasteiger partial charge in [-0.25, -0.2) is 0 Å². The van der Waals surface area contributed by atoms with E-state index in [4.69, 9.17) is 0 Å². The Bertz CT molecular complexity index is 289. The Labute approximate surface area is 124 Å². The first-order chi connectivity index (χ1) is 9.81. The fourth-order valence-corrected chi connectivity index (χ4v) is 3.43. The van der Waals surface area contributed by atoms with Gasteiger partial charge in [-0.1, -0.05) is 19.8 Å². The summed E-state index contributed by atoms with van der Waals surface area (Å²) in [7, 11) is 1.88. The monoisotopic (exact) mass is 280 g/mol. The SMILES string of the molecule is CCCN1CCC(CNC(=NC)NC2CCCC2)CC1. The zero-order chi connectivity index (χ0) is 14.2. The molecule has 1 saturated carbocycles. The summed E-state index contributed by atoms with van der Waals surface area (Å²) in [5.74, 6) is 1.82. The summed E-state index contributed by atoms with van der Waals surface area (Å²) in [4.78, 5) is 6.96. The normalized spacial score (nSPS) is 23.2. The van der Waals surface area contributed by atoms with E-state index in [2.05, 4.69) is 27.4 Å². The maximum Gasteiger partial charge on any atom is 0.191 e. The first kappa shape index (κ1) is 15.6. The molecule has 0 aromatic carbocycles. The van der Waals surface area contributed by atoms with Crippen LogP contribution < -0.4 is 10.6 Å². The Kier molecular flexibility index (Phi) is 6.64. The van der Waals surface area contributed by atoms with Crippen LogP contribution in [0.5, 0.6) is 0 Å². The molecule has 2 aliphatic rings. The molecule has 0 unspecified atom stereocenters. The van der Waals surface area contributed by atoms with E-state index in [1.807, 2.05) is 7.05 Å². The summed E-state index contributed by atoms with van der Waals surface area (Å²) in [5, 5.41) is 7.10. The van der Waals surface area contributed by atoms with Crippen LogP contribution in [0.4, 0.5) is 0 Å². The van der Waals surface area contributed by atoms with Gasteiger partial charge >= 0.3 is 0 Å². The lowest BCUT2D eigenvalue weighted by molar-refractivity contribution is 0.185. The molecule has 4 heteroatoms. The van der Waals surface area contributed by atoms with Crippen LogP contribution in [-0.2, 0) is 0 Å². The smallest absolute Gasteiger partial charge is 0.191 e. The Hall–Kier alpha value is -0.770. The fraction of sp³-hybridized carbons (Fsp3) is 0.938. The summed E-state index contributed by atoms with van der Waals surface area (Å²) in [6, 6.07) is 0.646. The van der Waals surface area contributed by atoms with Crippen molar-refractivity contribution in [2.45, 2.75) is 57.9 Å². The molecule has 0 spiro atoms. The van der Waals surface area contributed by atoms with Gasteiger partial charge in [0.15, 0.2) is 5.96 Å². The quantitative estimate of drug-likeness (QED) is 0.599. The third-order valence-electron chi connectivity index (χ3n) is 4.72. The fourth-order valence-electron chi connectivity index (χ4n) is 3.43. The summed E-state index contributed by atoms with van der Waals surface area (Å²) in [5.41, 5.74) is 0. The van der Waals surface area contributed by atoms with Gasteiger partial charge in [0.25, 0.3) is 0 Å². The maximum atomic E-state index is 4.36. The minimum absolute atomic E-state index is 0.646. The van der Waals surface area contributed by atoms with Crippen LogP contribution in [0.15, 0.2) is 4.99 Å². The van der Waals surface area contributed by atoms with Crippen molar-refractivity contribution in [3.05, 3.63) is 0 Å². The highest BCUT2D eigenvalue weighted by Crippen LogP contribution is 2.18. The zero-order valence-corrected chi connectivity index (χ0v) is 13.3. The Morgan fingerprint density at radius 1 is 1.15 bits per heavy atom. The summed E-state index contributed by atoms with van der Waals surface area (Å²) in [6.45, 7) is 7.16. The molecule has 1 heterocycles. The van der Waals surface area contributed by atoms with Crippen molar-refractivity contribution in [3.63, 3.8) is 0 Å². The summed E-state index contributed by atoms with van der Waals surface area (Å²) < 4.78 is 0. The zero-order valence-electron chi connectivity index (χ0n) is 13.3. The van der Waals surface area contributed by atoms with Crippen LogP contribution in [0, 0.1) is 5.92 Å². The Morgan fingerprint density at radius 3 is 2.45 bits per heavy atom. The molecule has 2 rings (SSSR count). The molecule has 116 valence electrons. The summed E-state index contributed by atoms with van der Waals surface area (Å²) in [6.07, 6.45) is 9.27. The second-order valence-electron chi connectivity index (χ2n) is 6.36. The largest absolute Gasteiger partial charge is 0.356 e. The van der Waals surface area contributed by atoms with E-state index in [9.17, 15) is 0 Å². The number of hydrogen-bond donors (Lipinski definition) is 2. The molecule has 2 N–H and O–H groups in total. The highest BCUT2D eigenvalue weighted by atomic mass is 15.2. The standard InChI is InChI=1S/C16H32N4/c1-3-10-20-11-8-14(9-12-20)13-18-16(17-2)19-15-6-4-5-7-15/h14-15H,3-13H2,1-2H3,(H2,17,18,19). The van der Waals surface area contributed by atoms with Crippen molar-refractivity contribution in [3.8, 4) is 0 Å². The van der Waals surface area contributed by atoms with E-state index >= 15 is 0 Å². The van der Waals surface area contributed by atoms with Crippen molar-refractivity contribution in [2.24, 2.45) is 10.9 Å². The number of piperidine rings is 1. The molecule has 1 aliphatic heterocycles. The predicted molar refractivity (Wildman–Crippen MR) is 86.2 cm³/mol. The van der Waals surface area contributed by atoms with Crippen molar-refractivity contribution in [1.29, 1.82) is 0 Å². The molecular formula is C16H32N4. The van der Waals surface area contributed by atoms with Gasteiger partial charge < -0.3 is 15.5 Å². The second-order valence-corrected chi connectivity index (χ2v) is 6.36. The lowest BCUT2D eigenvalue weighted by Gasteiger charge is -2.32. The van der Waals surface area contributed by atoms with Gasteiger partial charge in [0.1, 0.15) is 0 Å². The molecule has 20 heavy (non-hydrogen) atoms. The Balaban J connectivity index is 1.63. The molecule has 0 bridgehead atoms. The van der Waals surface area contributed by atoms with E-state index in [0.29, 0.717) is 6.04 Å². The van der Waals surface area contributed by atoms with Gasteiger partial charge in [0.05, 0.1) is 0 Å². The van der Waals surface area contributed by atoms with Gasteiger partial charge in [-0.2, -0.15) is 0 Å². The molecule has 0 aromatic heterocycles. The van der Waals surface area contributed by atoms with Crippen molar-refractivity contribution < 1.29 is 0 Å². The van der Waals surface area contributed by atoms with Gasteiger partial charge in [-0.05, 0) is 57.7 Å². The minimum atomic E-state index is 0.646. The number of nitrogens with zero attached hydrogens (tertiary/aromatic N) is 2. The highest BCUT2D eigenvalue weighted by Gasteiger charge is 2.20. The van der Waals surface area contributed by atoms with E-state index in [1.165, 1.54) is 64.6 Å². The molecule has 0 radical (unpaired) electrons. The third kappa shape index (κ3) is 4.97. The van der Waals surface area contributed by atoms with Crippen molar-refractivity contribution in [1.82, 2.24) is 15.5 Å². The highest BCUT2D eigenvalue weighted by molar-refractivity contribution is 5.79. The molecule has 0 amide bonds. The van der Waals surface area contributed by atoms with Crippen LogP contribution in [-0.4, -0.2) is 50.1 Å². The molecule has 4 nitrogen and oxygen atoms in total. The number of aliphatic imine (C=N–C) groups is 1. The van der Waals surface area contributed by atoms with Crippen molar-refractivity contribution in [2.75, 3.05) is 33.2 Å². The van der Waals surface area contributed by atoms with Crippen LogP contribution in [0.3, 0.4) is 0 Å². The molecule has 0 atom stereocenters. The number of rotatable bonds is 5. The average molecular weight is 280 g/mol. The summed E-state index contributed by atoms with van der Waals surface area (Å²) >= 11 is 0. The molecule has 0 aromatic rings. The van der Waals surface area contributed by atoms with E-state index in [-0.39, 0.29) is 0 Å². The molecular weight excluding hydrogens is 248 g/mol. The topological polar surface area (TPSA) is 39.7 Å². The van der Waals surface area contributed by atoms with Crippen LogP contribution in [0.25, 0.3) is 0 Å². The third-order valence-corrected chi connectivity index (χ3v) is 4.72. The number of likely N-dealkylation sites (tertiary alicyclic amines) is 1. The first-order valence-electron chi connectivity index (χ1n) is 8.51. The minimum Gasteiger partial charge on any atom is -0.356 e. The van der Waals surface area contributed by atoms with E-state index < -0.39 is 0 Å². The number of nitrogens with one attached hydrogen (secondary N) is 2. The van der Waals surface area contributed by atoms with Gasteiger partial charge in [0.2, 0.25) is 0 Å². The molecule has 2 fully saturated rings. The number of hydrogen-bond acceptors (Lipinski definition) is 2. The average Bonchev–Trinajstić information content (AvgIpc) is 2.98. The Morgan fingerprint density at radius 2 is 1.85 bits per heavy atom.